The monoisotopic (exact) mass is 497 g/mol. The number of aromatic amines is 1. The van der Waals surface area contributed by atoms with Crippen LogP contribution in [0.4, 0.5) is 10.1 Å². The molecule has 0 atom stereocenters. The van der Waals surface area contributed by atoms with Crippen molar-refractivity contribution in [1.82, 2.24) is 29.7 Å². The zero-order valence-electron chi connectivity index (χ0n) is 18.0. The van der Waals surface area contributed by atoms with Gasteiger partial charge in [0.1, 0.15) is 22.2 Å². The molecule has 1 saturated heterocycles. The van der Waals surface area contributed by atoms with Gasteiger partial charge in [-0.15, -0.1) is 10.2 Å². The number of morpholine rings is 1. The Labute approximate surface area is 203 Å². The van der Waals surface area contributed by atoms with E-state index in [4.69, 9.17) is 32.9 Å². The number of aryl methyl sites for hydroxylation is 1. The SMILES string of the molecule is Cc1nc2c(-c3nnc(Cl)[nH]3)cc(N3CCOCC3)cc2n1-c1ccnc2c(Cl)c(F)ccc12. The number of imidazole rings is 1. The molecule has 0 saturated carbocycles. The van der Waals surface area contributed by atoms with Gasteiger partial charge >= 0.3 is 0 Å². The van der Waals surface area contributed by atoms with E-state index in [9.17, 15) is 4.39 Å². The molecule has 6 rings (SSSR count). The number of aromatic nitrogens is 6. The van der Waals surface area contributed by atoms with Gasteiger partial charge < -0.3 is 14.6 Å². The number of anilines is 1. The molecule has 0 bridgehead atoms. The molecule has 11 heteroatoms. The number of hydrogen-bond acceptors (Lipinski definition) is 6. The Morgan fingerprint density at radius 1 is 1.06 bits per heavy atom. The summed E-state index contributed by atoms with van der Waals surface area (Å²) in [7, 11) is 0. The largest absolute Gasteiger partial charge is 0.378 e. The first-order valence-corrected chi connectivity index (χ1v) is 11.4. The summed E-state index contributed by atoms with van der Waals surface area (Å²) in [6.45, 7) is 4.76. The highest BCUT2D eigenvalue weighted by Gasteiger charge is 2.22. The molecule has 0 radical (unpaired) electrons. The normalized spacial score (nSPS) is 14.4. The minimum absolute atomic E-state index is 0.00702. The summed E-state index contributed by atoms with van der Waals surface area (Å²) < 4.78 is 21.7. The van der Waals surface area contributed by atoms with Gasteiger partial charge in [0, 0.05) is 35.9 Å². The van der Waals surface area contributed by atoms with Gasteiger partial charge in [-0.25, -0.2) is 9.37 Å². The van der Waals surface area contributed by atoms with E-state index in [0.29, 0.717) is 24.6 Å². The smallest absolute Gasteiger partial charge is 0.222 e. The van der Waals surface area contributed by atoms with Crippen molar-refractivity contribution in [3.8, 4) is 17.1 Å². The number of ether oxygens (including phenoxy) is 1. The Kier molecular flexibility index (Phi) is 5.13. The summed E-state index contributed by atoms with van der Waals surface area (Å²) in [4.78, 5) is 14.5. The fourth-order valence-corrected chi connectivity index (χ4v) is 4.81. The molecule has 5 aromatic rings. The second kappa shape index (κ2) is 8.19. The number of fused-ring (bicyclic) bond motifs is 2. The third-order valence-electron chi connectivity index (χ3n) is 6.03. The third-order valence-corrected chi connectivity index (χ3v) is 6.55. The molecule has 1 fully saturated rings. The molecule has 0 amide bonds. The first-order valence-electron chi connectivity index (χ1n) is 10.7. The lowest BCUT2D eigenvalue weighted by molar-refractivity contribution is 0.122. The lowest BCUT2D eigenvalue weighted by atomic mass is 10.1. The second-order valence-corrected chi connectivity index (χ2v) is 8.74. The highest BCUT2D eigenvalue weighted by atomic mass is 35.5. The first kappa shape index (κ1) is 21.3. The van der Waals surface area contributed by atoms with Crippen LogP contribution < -0.4 is 4.90 Å². The van der Waals surface area contributed by atoms with Crippen LogP contribution in [0.15, 0.2) is 36.5 Å². The van der Waals surface area contributed by atoms with Crippen molar-refractivity contribution in [1.29, 1.82) is 0 Å². The molecule has 0 aliphatic carbocycles. The molecule has 34 heavy (non-hydrogen) atoms. The van der Waals surface area contributed by atoms with Crippen molar-refractivity contribution in [3.05, 3.63) is 58.5 Å². The number of H-pyrrole nitrogens is 1. The van der Waals surface area contributed by atoms with Crippen LogP contribution in [0.2, 0.25) is 10.3 Å². The van der Waals surface area contributed by atoms with Gasteiger partial charge in [0.2, 0.25) is 5.28 Å². The van der Waals surface area contributed by atoms with Crippen molar-refractivity contribution in [2.75, 3.05) is 31.2 Å². The van der Waals surface area contributed by atoms with Crippen molar-refractivity contribution >= 4 is 50.8 Å². The Morgan fingerprint density at radius 2 is 1.88 bits per heavy atom. The van der Waals surface area contributed by atoms with Gasteiger partial charge in [0.15, 0.2) is 5.82 Å². The van der Waals surface area contributed by atoms with Crippen LogP contribution in [0.3, 0.4) is 0 Å². The van der Waals surface area contributed by atoms with Crippen LogP contribution >= 0.6 is 23.2 Å². The van der Waals surface area contributed by atoms with Crippen molar-refractivity contribution in [3.63, 3.8) is 0 Å². The molecule has 0 spiro atoms. The Balaban J connectivity index is 1.66. The molecule has 172 valence electrons. The van der Waals surface area contributed by atoms with Gasteiger partial charge in [-0.05, 0) is 48.9 Å². The topological polar surface area (TPSA) is 84.8 Å². The standard InChI is InChI=1S/C23H18Cl2FN7O/c1-12-28-20-15(22-29-23(25)31-30-22)10-13(32-6-8-34-9-7-32)11-18(20)33(12)17-4-5-27-21-14(17)2-3-16(26)19(21)24/h2-5,10-11H,6-9H2,1H3,(H,29,30,31). The quantitative estimate of drug-likeness (QED) is 0.379. The number of rotatable bonds is 3. The minimum Gasteiger partial charge on any atom is -0.378 e. The lowest BCUT2D eigenvalue weighted by Crippen LogP contribution is -2.36. The summed E-state index contributed by atoms with van der Waals surface area (Å²) in [5.41, 5.74) is 4.57. The summed E-state index contributed by atoms with van der Waals surface area (Å²) in [5.74, 6) is 0.763. The predicted molar refractivity (Wildman–Crippen MR) is 129 cm³/mol. The average molecular weight is 498 g/mol. The molecule has 8 nitrogen and oxygen atoms in total. The zero-order valence-corrected chi connectivity index (χ0v) is 19.5. The second-order valence-electron chi connectivity index (χ2n) is 8.01. The van der Waals surface area contributed by atoms with E-state index in [0.717, 1.165) is 52.3 Å². The molecule has 4 heterocycles. The van der Waals surface area contributed by atoms with E-state index in [1.807, 2.05) is 23.6 Å². The van der Waals surface area contributed by atoms with Gasteiger partial charge in [-0.1, -0.05) is 11.6 Å². The Bertz CT molecular complexity index is 1560. The predicted octanol–water partition coefficient (Wildman–Crippen LogP) is 4.95. The maximum atomic E-state index is 14.1. The molecule has 2 aromatic carbocycles. The maximum absolute atomic E-state index is 14.1. The van der Waals surface area contributed by atoms with E-state index in [1.165, 1.54) is 6.07 Å². The molecule has 3 aromatic heterocycles. The number of pyridine rings is 1. The fraction of sp³-hybridized carbons (Fsp3) is 0.217. The average Bonchev–Trinajstić information content (AvgIpc) is 3.43. The highest BCUT2D eigenvalue weighted by molar-refractivity contribution is 6.35. The molecular formula is C23H18Cl2FN7O. The van der Waals surface area contributed by atoms with Crippen LogP contribution in [0.5, 0.6) is 0 Å². The van der Waals surface area contributed by atoms with Crippen molar-refractivity contribution in [2.45, 2.75) is 6.92 Å². The van der Waals surface area contributed by atoms with Crippen molar-refractivity contribution in [2.24, 2.45) is 0 Å². The third kappa shape index (κ3) is 3.39. The zero-order chi connectivity index (χ0) is 23.4. The molecule has 1 aliphatic rings. The van der Waals surface area contributed by atoms with Crippen LogP contribution in [0.25, 0.3) is 39.0 Å². The number of hydrogen-bond donors (Lipinski definition) is 1. The maximum Gasteiger partial charge on any atom is 0.222 e. The van der Waals surface area contributed by atoms with Crippen LogP contribution in [0, 0.1) is 12.7 Å². The van der Waals surface area contributed by atoms with Crippen LogP contribution in [-0.2, 0) is 4.74 Å². The highest BCUT2D eigenvalue weighted by Crippen LogP contribution is 2.36. The summed E-state index contributed by atoms with van der Waals surface area (Å²) >= 11 is 12.3. The number of nitrogens with one attached hydrogen (secondary N) is 1. The van der Waals surface area contributed by atoms with E-state index < -0.39 is 5.82 Å². The summed E-state index contributed by atoms with van der Waals surface area (Å²) in [6.07, 6.45) is 1.62. The number of nitrogens with zero attached hydrogens (tertiary/aromatic N) is 6. The number of halogens is 3. The van der Waals surface area contributed by atoms with Crippen LogP contribution in [-0.4, -0.2) is 56.0 Å². The molecular weight excluding hydrogens is 480 g/mol. The first-order chi connectivity index (χ1) is 16.5. The van der Waals surface area contributed by atoms with E-state index in [2.05, 4.69) is 31.1 Å². The Morgan fingerprint density at radius 3 is 2.65 bits per heavy atom. The molecule has 0 unspecified atom stereocenters. The van der Waals surface area contributed by atoms with E-state index in [-0.39, 0.29) is 10.3 Å². The Hall–Kier alpha value is -3.27. The van der Waals surface area contributed by atoms with E-state index in [1.54, 1.807) is 12.3 Å². The van der Waals surface area contributed by atoms with E-state index >= 15 is 0 Å². The summed E-state index contributed by atoms with van der Waals surface area (Å²) in [6, 6.07) is 9.05. The van der Waals surface area contributed by atoms with Crippen molar-refractivity contribution < 1.29 is 9.13 Å². The minimum atomic E-state index is -0.509. The van der Waals surface area contributed by atoms with Gasteiger partial charge in [-0.3, -0.25) is 9.55 Å². The summed E-state index contributed by atoms with van der Waals surface area (Å²) in [5, 5.41) is 9.04. The van der Waals surface area contributed by atoms with Crippen LogP contribution in [0.1, 0.15) is 5.82 Å². The van der Waals surface area contributed by atoms with Gasteiger partial charge in [0.25, 0.3) is 0 Å². The fourth-order valence-electron chi connectivity index (χ4n) is 4.47. The van der Waals surface area contributed by atoms with Gasteiger partial charge in [0.05, 0.1) is 29.9 Å². The molecule has 1 N–H and O–H groups in total. The lowest BCUT2D eigenvalue weighted by Gasteiger charge is -2.29. The molecule has 1 aliphatic heterocycles. The number of benzene rings is 2. The van der Waals surface area contributed by atoms with Gasteiger partial charge in [-0.2, -0.15) is 0 Å².